The van der Waals surface area contributed by atoms with E-state index in [-0.39, 0.29) is 12.1 Å². The van der Waals surface area contributed by atoms with E-state index in [2.05, 4.69) is 0 Å². The van der Waals surface area contributed by atoms with Gasteiger partial charge in [-0.05, 0) is 6.92 Å². The van der Waals surface area contributed by atoms with Gasteiger partial charge in [0.2, 0.25) is 6.29 Å². The second kappa shape index (κ2) is 6.86. The van der Waals surface area contributed by atoms with Crippen molar-refractivity contribution in [1.82, 2.24) is 0 Å². The summed E-state index contributed by atoms with van der Waals surface area (Å²) in [5, 5.41) is 0. The Morgan fingerprint density at radius 3 is 2.46 bits per heavy atom. The molecule has 0 heterocycles. The monoisotopic (exact) mass is 190 g/mol. The molecule has 0 aromatic carbocycles. The highest BCUT2D eigenvalue weighted by atomic mass is 16.7. The van der Waals surface area contributed by atoms with Crippen molar-refractivity contribution >= 4 is 5.97 Å². The number of carbonyl (C=O) groups is 1. The predicted molar refractivity (Wildman–Crippen MR) is 48.3 cm³/mol. The first-order valence-electron chi connectivity index (χ1n) is 4.41. The molecule has 0 radical (unpaired) electrons. The van der Waals surface area contributed by atoms with Crippen molar-refractivity contribution in [2.24, 2.45) is 0 Å². The van der Waals surface area contributed by atoms with Crippen LogP contribution in [-0.4, -0.2) is 32.1 Å². The SMILES string of the molecule is CCC(OCC(C)OC)OC(C)=O. The number of rotatable bonds is 6. The van der Waals surface area contributed by atoms with Crippen LogP contribution in [0.25, 0.3) is 0 Å². The fraction of sp³-hybridized carbons (Fsp3) is 0.889. The number of methoxy groups -OCH3 is 1. The molecule has 0 fully saturated rings. The van der Waals surface area contributed by atoms with E-state index >= 15 is 0 Å². The van der Waals surface area contributed by atoms with Gasteiger partial charge < -0.3 is 14.2 Å². The highest BCUT2D eigenvalue weighted by Gasteiger charge is 2.11. The van der Waals surface area contributed by atoms with Gasteiger partial charge in [-0.25, -0.2) is 0 Å². The third-order valence-corrected chi connectivity index (χ3v) is 1.55. The van der Waals surface area contributed by atoms with E-state index in [0.717, 1.165) is 0 Å². The summed E-state index contributed by atoms with van der Waals surface area (Å²) in [5.74, 6) is -0.322. The van der Waals surface area contributed by atoms with Crippen molar-refractivity contribution in [2.75, 3.05) is 13.7 Å². The fourth-order valence-electron chi connectivity index (χ4n) is 0.731. The van der Waals surface area contributed by atoms with Crippen LogP contribution in [0.3, 0.4) is 0 Å². The van der Waals surface area contributed by atoms with Crippen molar-refractivity contribution in [3.63, 3.8) is 0 Å². The van der Waals surface area contributed by atoms with Gasteiger partial charge in [-0.3, -0.25) is 4.79 Å². The van der Waals surface area contributed by atoms with Gasteiger partial charge in [-0.15, -0.1) is 0 Å². The zero-order chi connectivity index (χ0) is 10.3. The standard InChI is InChI=1S/C9H18O4/c1-5-9(13-8(3)10)12-6-7(2)11-4/h7,9H,5-6H2,1-4H3. The Kier molecular flexibility index (Phi) is 6.54. The molecule has 4 heteroatoms. The Labute approximate surface area is 79.2 Å². The minimum atomic E-state index is -0.449. The molecule has 0 spiro atoms. The van der Waals surface area contributed by atoms with Crippen molar-refractivity contribution in [3.05, 3.63) is 0 Å². The number of carbonyl (C=O) groups excluding carboxylic acids is 1. The normalized spacial score (nSPS) is 15.1. The zero-order valence-corrected chi connectivity index (χ0v) is 8.70. The van der Waals surface area contributed by atoms with Gasteiger partial charge in [0.15, 0.2) is 0 Å². The summed E-state index contributed by atoms with van der Waals surface area (Å²) in [6.07, 6.45) is 0.218. The molecule has 13 heavy (non-hydrogen) atoms. The van der Waals surface area contributed by atoms with Crippen molar-refractivity contribution in [1.29, 1.82) is 0 Å². The summed E-state index contributed by atoms with van der Waals surface area (Å²) < 4.78 is 15.1. The predicted octanol–water partition coefficient (Wildman–Crippen LogP) is 1.34. The van der Waals surface area contributed by atoms with E-state index in [4.69, 9.17) is 14.2 Å². The molecule has 0 saturated carbocycles. The van der Waals surface area contributed by atoms with E-state index in [1.807, 2.05) is 13.8 Å². The van der Waals surface area contributed by atoms with Crippen LogP contribution in [0.15, 0.2) is 0 Å². The van der Waals surface area contributed by atoms with Gasteiger partial charge in [-0.1, -0.05) is 6.92 Å². The third kappa shape index (κ3) is 6.54. The molecule has 78 valence electrons. The first kappa shape index (κ1) is 12.4. The maximum absolute atomic E-state index is 10.6. The molecular formula is C9H18O4. The molecule has 2 atom stereocenters. The van der Waals surface area contributed by atoms with Crippen LogP contribution in [0, 0.1) is 0 Å². The van der Waals surface area contributed by atoms with Crippen LogP contribution in [-0.2, 0) is 19.0 Å². The highest BCUT2D eigenvalue weighted by molar-refractivity contribution is 5.66. The van der Waals surface area contributed by atoms with Crippen LogP contribution in [0.1, 0.15) is 27.2 Å². The van der Waals surface area contributed by atoms with Gasteiger partial charge in [-0.2, -0.15) is 0 Å². The molecule has 0 aliphatic heterocycles. The highest BCUT2D eigenvalue weighted by Crippen LogP contribution is 2.02. The van der Waals surface area contributed by atoms with Crippen LogP contribution in [0.2, 0.25) is 0 Å². The number of esters is 1. The van der Waals surface area contributed by atoms with Gasteiger partial charge >= 0.3 is 5.97 Å². The molecule has 0 saturated heterocycles. The number of hydrogen-bond acceptors (Lipinski definition) is 4. The number of hydrogen-bond donors (Lipinski definition) is 0. The van der Waals surface area contributed by atoms with E-state index in [0.29, 0.717) is 13.0 Å². The van der Waals surface area contributed by atoms with Crippen molar-refractivity contribution in [3.8, 4) is 0 Å². The summed E-state index contributed by atoms with van der Waals surface area (Å²) in [5.41, 5.74) is 0. The maximum Gasteiger partial charge on any atom is 0.304 e. The molecule has 4 nitrogen and oxygen atoms in total. The molecule has 0 aliphatic rings. The quantitative estimate of drug-likeness (QED) is 0.468. The molecule has 2 unspecified atom stereocenters. The van der Waals surface area contributed by atoms with E-state index in [1.54, 1.807) is 7.11 Å². The summed E-state index contributed by atoms with van der Waals surface area (Å²) in [7, 11) is 1.61. The van der Waals surface area contributed by atoms with Gasteiger partial charge in [0.25, 0.3) is 0 Å². The lowest BCUT2D eigenvalue weighted by Crippen LogP contribution is -2.24. The van der Waals surface area contributed by atoms with E-state index in [9.17, 15) is 4.79 Å². The summed E-state index contributed by atoms with van der Waals surface area (Å²) in [4.78, 5) is 10.6. The summed E-state index contributed by atoms with van der Waals surface area (Å²) >= 11 is 0. The fourth-order valence-corrected chi connectivity index (χ4v) is 0.731. The van der Waals surface area contributed by atoms with Gasteiger partial charge in [0.05, 0.1) is 12.7 Å². The van der Waals surface area contributed by atoms with Gasteiger partial charge in [0, 0.05) is 20.5 Å². The smallest absolute Gasteiger partial charge is 0.304 e. The zero-order valence-electron chi connectivity index (χ0n) is 8.70. The van der Waals surface area contributed by atoms with Crippen LogP contribution in [0.4, 0.5) is 0 Å². The topological polar surface area (TPSA) is 44.8 Å². The van der Waals surface area contributed by atoms with Crippen LogP contribution < -0.4 is 0 Å². The lowest BCUT2D eigenvalue weighted by Gasteiger charge is -2.17. The van der Waals surface area contributed by atoms with Gasteiger partial charge in [0.1, 0.15) is 0 Å². The summed E-state index contributed by atoms with van der Waals surface area (Å²) in [6, 6.07) is 0. The van der Waals surface area contributed by atoms with Crippen molar-refractivity contribution in [2.45, 2.75) is 39.6 Å². The van der Waals surface area contributed by atoms with Crippen molar-refractivity contribution < 1.29 is 19.0 Å². The first-order chi connectivity index (χ1) is 6.10. The Hall–Kier alpha value is -0.610. The second-order valence-corrected chi connectivity index (χ2v) is 2.83. The molecule has 0 bridgehead atoms. The lowest BCUT2D eigenvalue weighted by atomic mass is 10.4. The summed E-state index contributed by atoms with van der Waals surface area (Å²) in [6.45, 7) is 5.58. The Balaban J connectivity index is 3.65. The second-order valence-electron chi connectivity index (χ2n) is 2.83. The minimum absolute atomic E-state index is 0.0182. The Morgan fingerprint density at radius 1 is 1.46 bits per heavy atom. The molecule has 0 aliphatic carbocycles. The molecule has 0 rings (SSSR count). The van der Waals surface area contributed by atoms with Crippen LogP contribution in [0.5, 0.6) is 0 Å². The first-order valence-corrected chi connectivity index (χ1v) is 4.41. The van der Waals surface area contributed by atoms with Crippen LogP contribution >= 0.6 is 0 Å². The average molecular weight is 190 g/mol. The Morgan fingerprint density at radius 2 is 2.08 bits per heavy atom. The Bertz CT molecular complexity index is 147. The molecular weight excluding hydrogens is 172 g/mol. The largest absolute Gasteiger partial charge is 0.436 e. The average Bonchev–Trinajstić information content (AvgIpc) is 2.10. The number of ether oxygens (including phenoxy) is 3. The molecule has 0 aromatic heterocycles. The molecule has 0 N–H and O–H groups in total. The third-order valence-electron chi connectivity index (χ3n) is 1.55. The molecule has 0 aromatic rings. The maximum atomic E-state index is 10.6. The lowest BCUT2D eigenvalue weighted by molar-refractivity contribution is -0.182. The van der Waals surface area contributed by atoms with E-state index in [1.165, 1.54) is 6.92 Å². The molecule has 0 amide bonds. The minimum Gasteiger partial charge on any atom is -0.436 e. The van der Waals surface area contributed by atoms with E-state index < -0.39 is 6.29 Å².